The van der Waals surface area contributed by atoms with Crippen molar-refractivity contribution in [3.63, 3.8) is 0 Å². The molecule has 0 saturated heterocycles. The largest absolute Gasteiger partial charge is 0.461 e. The normalized spacial score (nSPS) is 10.5. The molecule has 15 heavy (non-hydrogen) atoms. The lowest BCUT2D eigenvalue weighted by molar-refractivity contribution is 0.0517. The van der Waals surface area contributed by atoms with Crippen LogP contribution in [0.4, 0.5) is 0 Å². The van der Waals surface area contributed by atoms with Crippen LogP contribution in [0.15, 0.2) is 24.7 Å². The molecule has 0 spiro atoms. The van der Waals surface area contributed by atoms with Crippen molar-refractivity contribution in [2.45, 2.75) is 13.8 Å². The molecular weight excluding hydrogens is 192 g/mol. The Bertz CT molecular complexity index is 502. The Morgan fingerprint density at radius 1 is 1.53 bits per heavy atom. The Kier molecular flexibility index (Phi) is 2.41. The van der Waals surface area contributed by atoms with Crippen LogP contribution in [0.3, 0.4) is 0 Å². The molecule has 0 unspecified atom stereocenters. The van der Waals surface area contributed by atoms with Gasteiger partial charge in [0.05, 0.1) is 24.6 Å². The van der Waals surface area contributed by atoms with Gasteiger partial charge in [-0.3, -0.25) is 4.40 Å². The molecule has 0 aliphatic carbocycles. The Morgan fingerprint density at radius 3 is 3.07 bits per heavy atom. The van der Waals surface area contributed by atoms with Crippen LogP contribution in [0.5, 0.6) is 0 Å². The summed E-state index contributed by atoms with van der Waals surface area (Å²) in [5.41, 5.74) is 2.44. The van der Waals surface area contributed by atoms with Gasteiger partial charge in [-0.05, 0) is 31.5 Å². The molecule has 0 N–H and O–H groups in total. The van der Waals surface area contributed by atoms with Gasteiger partial charge in [-0.1, -0.05) is 0 Å². The number of hydrogen-bond donors (Lipinski definition) is 0. The average Bonchev–Trinajstić information content (AvgIpc) is 2.64. The highest BCUT2D eigenvalue weighted by molar-refractivity contribution is 5.88. The number of imidazole rings is 1. The molecular formula is C11H12N2O2. The van der Waals surface area contributed by atoms with Gasteiger partial charge in [-0.15, -0.1) is 0 Å². The number of nitrogens with zero attached hydrogens (tertiary/aromatic N) is 2. The van der Waals surface area contributed by atoms with E-state index in [1.165, 1.54) is 0 Å². The number of fused-ring (bicyclic) bond motifs is 1. The van der Waals surface area contributed by atoms with Gasteiger partial charge in [-0.25, -0.2) is 9.78 Å². The Morgan fingerprint density at radius 2 is 2.33 bits per heavy atom. The number of ether oxygens (including phenoxy) is 1. The first-order valence-electron chi connectivity index (χ1n) is 4.82. The van der Waals surface area contributed by atoms with Crippen LogP contribution in [0.25, 0.3) is 5.52 Å². The highest BCUT2D eigenvalue weighted by Crippen LogP contribution is 2.11. The monoisotopic (exact) mass is 204 g/mol. The molecule has 0 atom stereocenters. The first kappa shape index (κ1) is 9.71. The fourth-order valence-electron chi connectivity index (χ4n) is 1.54. The third-order valence-corrected chi connectivity index (χ3v) is 2.15. The van der Waals surface area contributed by atoms with E-state index >= 15 is 0 Å². The number of aryl methyl sites for hydroxylation is 1. The molecule has 78 valence electrons. The SMILES string of the molecule is CCOC(=O)c1cc(C)cc2cncn12. The topological polar surface area (TPSA) is 43.6 Å². The van der Waals surface area contributed by atoms with Crippen LogP contribution >= 0.6 is 0 Å². The molecule has 2 heterocycles. The molecule has 0 fully saturated rings. The van der Waals surface area contributed by atoms with Crippen LogP contribution in [-0.4, -0.2) is 22.0 Å². The molecule has 0 saturated carbocycles. The highest BCUT2D eigenvalue weighted by Gasteiger charge is 2.11. The predicted octanol–water partition coefficient (Wildman–Crippen LogP) is 1.82. The summed E-state index contributed by atoms with van der Waals surface area (Å²) in [6, 6.07) is 3.77. The lowest BCUT2D eigenvalue weighted by atomic mass is 10.2. The second kappa shape index (κ2) is 3.73. The summed E-state index contributed by atoms with van der Waals surface area (Å²) in [5, 5.41) is 0. The van der Waals surface area contributed by atoms with E-state index in [0.717, 1.165) is 11.1 Å². The number of rotatable bonds is 2. The maximum Gasteiger partial charge on any atom is 0.355 e. The van der Waals surface area contributed by atoms with Gasteiger partial charge in [0.2, 0.25) is 0 Å². The molecule has 0 aliphatic rings. The van der Waals surface area contributed by atoms with Crippen LogP contribution in [-0.2, 0) is 4.74 Å². The summed E-state index contributed by atoms with van der Waals surface area (Å²) in [5.74, 6) is -0.316. The maximum absolute atomic E-state index is 11.6. The van der Waals surface area contributed by atoms with E-state index in [1.54, 1.807) is 29.9 Å². The third kappa shape index (κ3) is 1.70. The molecule has 0 bridgehead atoms. The van der Waals surface area contributed by atoms with Crippen LogP contribution in [0, 0.1) is 6.92 Å². The van der Waals surface area contributed by atoms with Crippen LogP contribution in [0.2, 0.25) is 0 Å². The van der Waals surface area contributed by atoms with Crippen molar-refractivity contribution in [2.24, 2.45) is 0 Å². The molecule has 2 aromatic rings. The molecule has 0 radical (unpaired) electrons. The molecule has 4 nitrogen and oxygen atoms in total. The van der Waals surface area contributed by atoms with E-state index in [9.17, 15) is 4.79 Å². The summed E-state index contributed by atoms with van der Waals surface area (Å²) >= 11 is 0. The lowest BCUT2D eigenvalue weighted by Gasteiger charge is -2.06. The van der Waals surface area contributed by atoms with Gasteiger partial charge < -0.3 is 4.74 Å². The van der Waals surface area contributed by atoms with Crippen LogP contribution in [0.1, 0.15) is 23.0 Å². The van der Waals surface area contributed by atoms with E-state index in [4.69, 9.17) is 4.74 Å². The number of aromatic nitrogens is 2. The average molecular weight is 204 g/mol. The van der Waals surface area contributed by atoms with E-state index in [0.29, 0.717) is 12.3 Å². The fraction of sp³-hybridized carbons (Fsp3) is 0.273. The zero-order chi connectivity index (χ0) is 10.8. The van der Waals surface area contributed by atoms with Crippen molar-refractivity contribution < 1.29 is 9.53 Å². The second-order valence-corrected chi connectivity index (χ2v) is 3.33. The standard InChI is InChI=1S/C11H12N2O2/c1-3-15-11(14)10-5-8(2)4-9-6-12-7-13(9)10/h4-7H,3H2,1-2H3. The molecule has 0 aliphatic heterocycles. The molecule has 4 heteroatoms. The van der Waals surface area contributed by atoms with Crippen molar-refractivity contribution in [3.8, 4) is 0 Å². The molecule has 0 amide bonds. The first-order valence-corrected chi connectivity index (χ1v) is 4.82. The van der Waals surface area contributed by atoms with Gasteiger partial charge in [0.1, 0.15) is 5.69 Å². The second-order valence-electron chi connectivity index (χ2n) is 3.33. The zero-order valence-electron chi connectivity index (χ0n) is 8.73. The quantitative estimate of drug-likeness (QED) is 0.701. The summed E-state index contributed by atoms with van der Waals surface area (Å²) < 4.78 is 6.70. The Balaban J connectivity index is 2.57. The van der Waals surface area contributed by atoms with Crippen molar-refractivity contribution in [1.82, 2.24) is 9.38 Å². The summed E-state index contributed by atoms with van der Waals surface area (Å²) in [6.45, 7) is 4.11. The van der Waals surface area contributed by atoms with Gasteiger partial charge in [0.15, 0.2) is 0 Å². The van der Waals surface area contributed by atoms with E-state index in [2.05, 4.69) is 4.98 Å². The van der Waals surface area contributed by atoms with E-state index < -0.39 is 0 Å². The molecule has 2 rings (SSSR count). The number of esters is 1. The van der Waals surface area contributed by atoms with Crippen molar-refractivity contribution in [1.29, 1.82) is 0 Å². The maximum atomic E-state index is 11.6. The zero-order valence-corrected chi connectivity index (χ0v) is 8.73. The van der Waals surface area contributed by atoms with Gasteiger partial charge in [-0.2, -0.15) is 0 Å². The van der Waals surface area contributed by atoms with Gasteiger partial charge in [0.25, 0.3) is 0 Å². The van der Waals surface area contributed by atoms with E-state index in [1.807, 2.05) is 13.0 Å². The first-order chi connectivity index (χ1) is 7.22. The number of carbonyl (C=O) groups is 1. The third-order valence-electron chi connectivity index (χ3n) is 2.15. The predicted molar refractivity (Wildman–Crippen MR) is 55.9 cm³/mol. The minimum absolute atomic E-state index is 0.316. The van der Waals surface area contributed by atoms with Crippen molar-refractivity contribution in [2.75, 3.05) is 6.61 Å². The van der Waals surface area contributed by atoms with E-state index in [-0.39, 0.29) is 5.97 Å². The minimum atomic E-state index is -0.316. The Labute approximate surface area is 87.5 Å². The lowest BCUT2D eigenvalue weighted by Crippen LogP contribution is -2.10. The summed E-state index contributed by atoms with van der Waals surface area (Å²) in [6.07, 6.45) is 3.33. The molecule has 0 aromatic carbocycles. The van der Waals surface area contributed by atoms with Gasteiger partial charge in [0, 0.05) is 0 Å². The number of hydrogen-bond acceptors (Lipinski definition) is 3. The fourth-order valence-corrected chi connectivity index (χ4v) is 1.54. The highest BCUT2D eigenvalue weighted by atomic mass is 16.5. The number of carbonyl (C=O) groups excluding carboxylic acids is 1. The van der Waals surface area contributed by atoms with Crippen molar-refractivity contribution in [3.05, 3.63) is 35.9 Å². The Hall–Kier alpha value is -1.84. The van der Waals surface area contributed by atoms with Crippen molar-refractivity contribution >= 4 is 11.5 Å². The molecule has 2 aromatic heterocycles. The smallest absolute Gasteiger partial charge is 0.355 e. The van der Waals surface area contributed by atoms with Gasteiger partial charge >= 0.3 is 5.97 Å². The number of pyridine rings is 1. The summed E-state index contributed by atoms with van der Waals surface area (Å²) in [4.78, 5) is 15.6. The minimum Gasteiger partial charge on any atom is -0.461 e. The summed E-state index contributed by atoms with van der Waals surface area (Å²) in [7, 11) is 0. The van der Waals surface area contributed by atoms with Crippen LogP contribution < -0.4 is 0 Å².